The number of hydrogen-bond acceptors (Lipinski definition) is 3. The summed E-state index contributed by atoms with van der Waals surface area (Å²) in [4.78, 5) is 19.9. The molecule has 194 valence electrons. The molecule has 1 saturated carbocycles. The molecule has 0 bridgehead atoms. The van der Waals surface area contributed by atoms with Gasteiger partial charge < -0.3 is 20.1 Å². The van der Waals surface area contributed by atoms with Crippen LogP contribution in [-0.2, 0) is 11.2 Å². The SMILES string of the molecule is CCc1ccccc1NC(=O)CCN1C(=S)N[C@H](c2ccccn2)[C@H]1c1cc(C)n(C2CCCC2)c1C. The number of hydrogen-bond donors (Lipinski definition) is 2. The fraction of sp³-hybridized carbons (Fsp3) is 0.433. The maximum atomic E-state index is 13.0. The van der Waals surface area contributed by atoms with E-state index >= 15 is 0 Å². The summed E-state index contributed by atoms with van der Waals surface area (Å²) in [7, 11) is 0. The van der Waals surface area contributed by atoms with Crippen molar-refractivity contribution in [3.05, 3.63) is 82.9 Å². The predicted octanol–water partition coefficient (Wildman–Crippen LogP) is 6.18. The lowest BCUT2D eigenvalue weighted by Crippen LogP contribution is -2.33. The van der Waals surface area contributed by atoms with Crippen LogP contribution in [0.2, 0.25) is 0 Å². The van der Waals surface area contributed by atoms with Gasteiger partial charge in [0.05, 0.1) is 17.8 Å². The van der Waals surface area contributed by atoms with Crippen molar-refractivity contribution in [3.8, 4) is 0 Å². The summed E-state index contributed by atoms with van der Waals surface area (Å²) in [5.41, 5.74) is 6.86. The van der Waals surface area contributed by atoms with Crippen LogP contribution in [0.5, 0.6) is 0 Å². The molecule has 1 saturated heterocycles. The molecular weight excluding hydrogens is 478 g/mol. The fourth-order valence-electron chi connectivity index (χ4n) is 6.20. The Bertz CT molecular complexity index is 1260. The first-order valence-corrected chi connectivity index (χ1v) is 13.9. The van der Waals surface area contributed by atoms with Gasteiger partial charge in [0.2, 0.25) is 5.91 Å². The minimum atomic E-state index is -0.0740. The average molecular weight is 516 g/mol. The summed E-state index contributed by atoms with van der Waals surface area (Å²) < 4.78 is 2.53. The van der Waals surface area contributed by atoms with Crippen LogP contribution in [0.1, 0.15) is 85.4 Å². The summed E-state index contributed by atoms with van der Waals surface area (Å²) in [6, 6.07) is 16.8. The van der Waals surface area contributed by atoms with E-state index in [0.717, 1.165) is 23.4 Å². The Hall–Kier alpha value is -3.19. The van der Waals surface area contributed by atoms with Gasteiger partial charge in [-0.25, -0.2) is 0 Å². The highest BCUT2D eigenvalue weighted by Gasteiger charge is 2.41. The molecule has 0 radical (unpaired) electrons. The van der Waals surface area contributed by atoms with Gasteiger partial charge in [-0.2, -0.15) is 0 Å². The Kier molecular flexibility index (Phi) is 7.60. The van der Waals surface area contributed by atoms with Crippen molar-refractivity contribution in [2.75, 3.05) is 11.9 Å². The first-order valence-electron chi connectivity index (χ1n) is 13.5. The van der Waals surface area contributed by atoms with Crippen LogP contribution in [0.3, 0.4) is 0 Å². The standard InChI is InChI=1S/C30H37N5OS/c1-4-22-11-5-8-14-25(22)32-27(36)16-18-34-29(28(33-30(34)37)26-15-9-10-17-31-26)24-19-20(2)35(21(24)3)23-12-6-7-13-23/h5,8-11,14-15,17,19,23,28-29H,4,6-7,12-13,16,18H2,1-3H3,(H,32,36)(H,33,37)/t28-,29-/m1/s1. The monoisotopic (exact) mass is 515 g/mol. The van der Waals surface area contributed by atoms with Gasteiger partial charge in [-0.3, -0.25) is 9.78 Å². The molecule has 0 unspecified atom stereocenters. The van der Waals surface area contributed by atoms with Crippen molar-refractivity contribution in [2.24, 2.45) is 0 Å². The highest BCUT2D eigenvalue weighted by atomic mass is 32.1. The van der Waals surface area contributed by atoms with Gasteiger partial charge in [0.1, 0.15) is 0 Å². The molecule has 3 heterocycles. The van der Waals surface area contributed by atoms with Gasteiger partial charge in [0, 0.05) is 42.3 Å². The van der Waals surface area contributed by atoms with E-state index in [1.54, 1.807) is 0 Å². The number of rotatable bonds is 8. The van der Waals surface area contributed by atoms with Crippen molar-refractivity contribution < 1.29 is 4.79 Å². The molecular formula is C30H37N5OS. The van der Waals surface area contributed by atoms with Crippen molar-refractivity contribution in [1.29, 1.82) is 0 Å². The molecule has 0 spiro atoms. The van der Waals surface area contributed by atoms with Crippen LogP contribution >= 0.6 is 12.2 Å². The molecule has 37 heavy (non-hydrogen) atoms. The van der Waals surface area contributed by atoms with Crippen LogP contribution in [0, 0.1) is 13.8 Å². The van der Waals surface area contributed by atoms with Gasteiger partial charge >= 0.3 is 0 Å². The number of anilines is 1. The Morgan fingerprint density at radius 2 is 1.89 bits per heavy atom. The summed E-state index contributed by atoms with van der Waals surface area (Å²) in [5.74, 6) is 0.000152. The third-order valence-corrected chi connectivity index (χ3v) is 8.33. The molecule has 2 atom stereocenters. The van der Waals surface area contributed by atoms with Gasteiger partial charge in [0.15, 0.2) is 5.11 Å². The third-order valence-electron chi connectivity index (χ3n) is 7.98. The van der Waals surface area contributed by atoms with E-state index in [4.69, 9.17) is 12.2 Å². The summed E-state index contributed by atoms with van der Waals surface area (Å²) in [6.07, 6.45) is 8.14. The number of para-hydroxylation sites is 1. The largest absolute Gasteiger partial charge is 0.352 e. The summed E-state index contributed by atoms with van der Waals surface area (Å²) in [5, 5.41) is 7.33. The van der Waals surface area contributed by atoms with E-state index in [9.17, 15) is 4.79 Å². The molecule has 1 aliphatic heterocycles. The first kappa shape index (κ1) is 25.5. The van der Waals surface area contributed by atoms with Crippen LogP contribution in [0.15, 0.2) is 54.7 Å². The molecule has 2 aromatic heterocycles. The number of pyridine rings is 1. The molecule has 1 amide bonds. The Morgan fingerprint density at radius 1 is 1.14 bits per heavy atom. The van der Waals surface area contributed by atoms with E-state index in [0.29, 0.717) is 24.1 Å². The summed E-state index contributed by atoms with van der Waals surface area (Å²) in [6.45, 7) is 7.09. The molecule has 5 rings (SSSR count). The lowest BCUT2D eigenvalue weighted by Gasteiger charge is -2.28. The zero-order valence-electron chi connectivity index (χ0n) is 22.0. The van der Waals surface area contributed by atoms with Crippen molar-refractivity contribution >= 4 is 28.9 Å². The number of nitrogens with one attached hydrogen (secondary N) is 2. The van der Waals surface area contributed by atoms with E-state index in [1.807, 2.05) is 36.5 Å². The third kappa shape index (κ3) is 5.14. The smallest absolute Gasteiger partial charge is 0.226 e. The second kappa shape index (κ2) is 11.1. The molecule has 2 aliphatic rings. The van der Waals surface area contributed by atoms with Gasteiger partial charge in [-0.15, -0.1) is 0 Å². The Morgan fingerprint density at radius 3 is 2.62 bits per heavy atom. The van der Waals surface area contributed by atoms with Crippen LogP contribution < -0.4 is 10.6 Å². The molecule has 6 nitrogen and oxygen atoms in total. The maximum absolute atomic E-state index is 13.0. The first-order chi connectivity index (χ1) is 18.0. The molecule has 2 N–H and O–H groups in total. The van der Waals surface area contributed by atoms with E-state index in [2.05, 4.69) is 64.1 Å². The van der Waals surface area contributed by atoms with Gasteiger partial charge in [0.25, 0.3) is 0 Å². The quantitative estimate of drug-likeness (QED) is 0.351. The molecule has 3 aromatic rings. The molecule has 2 fully saturated rings. The molecule has 7 heteroatoms. The number of carbonyl (C=O) groups excluding carboxylic acids is 1. The van der Waals surface area contributed by atoms with Crippen molar-refractivity contribution in [2.45, 2.75) is 77.4 Å². The topological polar surface area (TPSA) is 62.2 Å². The van der Waals surface area contributed by atoms with Crippen LogP contribution in [0.25, 0.3) is 0 Å². The maximum Gasteiger partial charge on any atom is 0.226 e. The minimum Gasteiger partial charge on any atom is -0.352 e. The van der Waals surface area contributed by atoms with E-state index in [-0.39, 0.29) is 18.0 Å². The van der Waals surface area contributed by atoms with Crippen molar-refractivity contribution in [1.82, 2.24) is 19.8 Å². The number of aryl methyl sites for hydroxylation is 2. The average Bonchev–Trinajstić information content (AvgIpc) is 3.61. The predicted molar refractivity (Wildman–Crippen MR) is 153 cm³/mol. The Balaban J connectivity index is 1.42. The zero-order valence-corrected chi connectivity index (χ0v) is 22.9. The van der Waals surface area contributed by atoms with Gasteiger partial charge in [-0.1, -0.05) is 44.0 Å². The molecule has 1 aromatic carbocycles. The minimum absolute atomic E-state index is 0.000152. The highest BCUT2D eigenvalue weighted by molar-refractivity contribution is 7.80. The number of carbonyl (C=O) groups is 1. The number of thiocarbonyl (C=S) groups is 1. The fourth-order valence-corrected chi connectivity index (χ4v) is 6.53. The molecule has 1 aliphatic carbocycles. The second-order valence-corrected chi connectivity index (χ2v) is 10.7. The van der Waals surface area contributed by atoms with E-state index < -0.39 is 0 Å². The highest BCUT2D eigenvalue weighted by Crippen LogP contribution is 2.43. The van der Waals surface area contributed by atoms with Crippen molar-refractivity contribution in [3.63, 3.8) is 0 Å². The van der Waals surface area contributed by atoms with Gasteiger partial charge in [-0.05, 0) is 80.7 Å². The number of nitrogens with zero attached hydrogens (tertiary/aromatic N) is 3. The lowest BCUT2D eigenvalue weighted by molar-refractivity contribution is -0.116. The summed E-state index contributed by atoms with van der Waals surface area (Å²) >= 11 is 5.85. The normalized spacial score (nSPS) is 19.9. The lowest BCUT2D eigenvalue weighted by atomic mass is 9.96. The van der Waals surface area contributed by atoms with Crippen LogP contribution in [-0.4, -0.2) is 32.0 Å². The number of benzene rings is 1. The Labute approximate surface area is 225 Å². The van der Waals surface area contributed by atoms with Crippen LogP contribution in [0.4, 0.5) is 5.69 Å². The second-order valence-electron chi connectivity index (χ2n) is 10.3. The zero-order chi connectivity index (χ0) is 25.9. The number of amides is 1. The van der Waals surface area contributed by atoms with E-state index in [1.165, 1.54) is 42.6 Å². The number of aromatic nitrogens is 2.